The molecule has 0 amide bonds. The summed E-state index contributed by atoms with van der Waals surface area (Å²) in [5, 5.41) is 4.37. The highest BCUT2D eigenvalue weighted by molar-refractivity contribution is 9.10. The van der Waals surface area contributed by atoms with Gasteiger partial charge in [0.05, 0.1) is 5.69 Å². The quantitative estimate of drug-likeness (QED) is 0.936. The highest BCUT2D eigenvalue weighted by atomic mass is 79.9. The van der Waals surface area contributed by atoms with Crippen LogP contribution < -0.4 is 10.5 Å². The second kappa shape index (κ2) is 5.44. The summed E-state index contributed by atoms with van der Waals surface area (Å²) in [6, 6.07) is 7.66. The molecular weight excluding hydrogens is 294 g/mol. The maximum Gasteiger partial charge on any atom is 0.241 e. The fourth-order valence-electron chi connectivity index (χ4n) is 1.69. The van der Waals surface area contributed by atoms with E-state index in [-0.39, 0.29) is 0 Å². The van der Waals surface area contributed by atoms with E-state index >= 15 is 0 Å². The zero-order valence-corrected chi connectivity index (χ0v) is 12.1. The molecule has 0 unspecified atom stereocenters. The van der Waals surface area contributed by atoms with Gasteiger partial charge in [-0.2, -0.15) is 5.10 Å². The predicted molar refractivity (Wildman–Crippen MR) is 75.9 cm³/mol. The maximum absolute atomic E-state index is 6.00. The monoisotopic (exact) mass is 309 g/mol. The van der Waals surface area contributed by atoms with E-state index in [4.69, 9.17) is 10.5 Å². The Kier molecular flexibility index (Phi) is 3.91. The number of halogens is 1. The predicted octanol–water partition coefficient (Wildman–Crippen LogP) is 3.74. The molecule has 0 radical (unpaired) electrons. The van der Waals surface area contributed by atoms with Crippen molar-refractivity contribution in [3.05, 3.63) is 34.4 Å². The number of aromatic nitrogens is 2. The number of nitrogens with two attached hydrogens (primary N) is 1. The van der Waals surface area contributed by atoms with Crippen molar-refractivity contribution in [3.8, 4) is 11.6 Å². The number of hydrogen-bond acceptors (Lipinski definition) is 3. The largest absolute Gasteiger partial charge is 0.437 e. The Bertz CT molecular complexity index is 551. The summed E-state index contributed by atoms with van der Waals surface area (Å²) >= 11 is 3.41. The molecule has 2 aromatic rings. The van der Waals surface area contributed by atoms with Gasteiger partial charge in [0.2, 0.25) is 5.88 Å². The lowest BCUT2D eigenvalue weighted by Gasteiger charge is -2.09. The van der Waals surface area contributed by atoms with Gasteiger partial charge in [0.1, 0.15) is 11.4 Å². The van der Waals surface area contributed by atoms with Gasteiger partial charge in [0.15, 0.2) is 0 Å². The van der Waals surface area contributed by atoms with E-state index in [1.54, 1.807) is 0 Å². The Morgan fingerprint density at radius 2 is 2.22 bits per heavy atom. The highest BCUT2D eigenvalue weighted by Crippen LogP contribution is 2.31. The van der Waals surface area contributed by atoms with Gasteiger partial charge in [-0.05, 0) is 31.5 Å². The number of ether oxygens (including phenoxy) is 1. The lowest BCUT2D eigenvalue weighted by Crippen LogP contribution is -2.02. The van der Waals surface area contributed by atoms with Crippen molar-refractivity contribution in [1.29, 1.82) is 0 Å². The fraction of sp³-hybridized carbons (Fsp3) is 0.308. The van der Waals surface area contributed by atoms with Crippen molar-refractivity contribution in [1.82, 2.24) is 9.78 Å². The first-order valence-electron chi connectivity index (χ1n) is 5.88. The van der Waals surface area contributed by atoms with Crippen molar-refractivity contribution >= 4 is 21.6 Å². The zero-order valence-electron chi connectivity index (χ0n) is 10.5. The van der Waals surface area contributed by atoms with E-state index in [1.165, 1.54) is 0 Å². The average molecular weight is 310 g/mol. The molecule has 1 heterocycles. The van der Waals surface area contributed by atoms with E-state index < -0.39 is 0 Å². The summed E-state index contributed by atoms with van der Waals surface area (Å²) in [5.74, 6) is 1.36. The smallest absolute Gasteiger partial charge is 0.241 e. The summed E-state index contributed by atoms with van der Waals surface area (Å²) in [7, 11) is 0. The van der Waals surface area contributed by atoms with Gasteiger partial charge in [-0.1, -0.05) is 28.9 Å². The molecule has 0 fully saturated rings. The third kappa shape index (κ3) is 2.67. The minimum Gasteiger partial charge on any atom is -0.437 e. The SMILES string of the molecule is CCCn1nc(C)c(N)c1Oc1cccc(Br)c1. The number of rotatable bonds is 4. The molecule has 0 aliphatic heterocycles. The Balaban J connectivity index is 2.33. The molecule has 0 spiro atoms. The van der Waals surface area contributed by atoms with Crippen LogP contribution in [0.4, 0.5) is 5.69 Å². The molecule has 4 nitrogen and oxygen atoms in total. The molecule has 2 N–H and O–H groups in total. The van der Waals surface area contributed by atoms with Crippen LogP contribution in [0.3, 0.4) is 0 Å². The van der Waals surface area contributed by atoms with Crippen LogP contribution in [-0.2, 0) is 6.54 Å². The van der Waals surface area contributed by atoms with E-state index in [0.29, 0.717) is 11.6 Å². The molecule has 1 aromatic carbocycles. The standard InChI is InChI=1S/C13H16BrN3O/c1-3-7-17-13(12(15)9(2)16-17)18-11-6-4-5-10(14)8-11/h4-6,8H,3,7,15H2,1-2H3. The number of nitrogen functional groups attached to an aromatic ring is 1. The molecule has 96 valence electrons. The Morgan fingerprint density at radius 3 is 2.89 bits per heavy atom. The van der Waals surface area contributed by atoms with E-state index in [2.05, 4.69) is 28.0 Å². The van der Waals surface area contributed by atoms with Crippen molar-refractivity contribution < 1.29 is 4.74 Å². The molecule has 2 rings (SSSR count). The molecular formula is C13H16BrN3O. The topological polar surface area (TPSA) is 53.1 Å². The molecule has 18 heavy (non-hydrogen) atoms. The summed E-state index contributed by atoms with van der Waals surface area (Å²) in [4.78, 5) is 0. The molecule has 0 bridgehead atoms. The van der Waals surface area contributed by atoms with Crippen LogP contribution in [0.25, 0.3) is 0 Å². The molecule has 0 atom stereocenters. The summed E-state index contributed by atoms with van der Waals surface area (Å²) in [5.41, 5.74) is 7.40. The molecule has 0 aliphatic carbocycles. The van der Waals surface area contributed by atoms with Gasteiger partial charge >= 0.3 is 0 Å². The minimum atomic E-state index is 0.600. The third-order valence-corrected chi connectivity index (χ3v) is 3.06. The number of benzene rings is 1. The van der Waals surface area contributed by atoms with E-state index in [9.17, 15) is 0 Å². The van der Waals surface area contributed by atoms with Gasteiger partial charge in [-0.15, -0.1) is 0 Å². The molecule has 1 aromatic heterocycles. The second-order valence-electron chi connectivity index (χ2n) is 4.09. The average Bonchev–Trinajstić information content (AvgIpc) is 2.58. The van der Waals surface area contributed by atoms with Gasteiger partial charge in [0.25, 0.3) is 0 Å². The van der Waals surface area contributed by atoms with Crippen LogP contribution in [0.5, 0.6) is 11.6 Å². The number of anilines is 1. The van der Waals surface area contributed by atoms with Crippen molar-refractivity contribution in [2.24, 2.45) is 0 Å². The first-order chi connectivity index (χ1) is 8.61. The second-order valence-corrected chi connectivity index (χ2v) is 5.00. The molecule has 0 aliphatic rings. The fourth-order valence-corrected chi connectivity index (χ4v) is 2.07. The van der Waals surface area contributed by atoms with Gasteiger partial charge in [0, 0.05) is 11.0 Å². The van der Waals surface area contributed by atoms with Gasteiger partial charge < -0.3 is 10.5 Å². The summed E-state index contributed by atoms with van der Waals surface area (Å²) in [6.45, 7) is 4.77. The zero-order chi connectivity index (χ0) is 13.1. The number of aryl methyl sites for hydroxylation is 2. The highest BCUT2D eigenvalue weighted by Gasteiger charge is 2.14. The van der Waals surface area contributed by atoms with Crippen LogP contribution in [0, 0.1) is 6.92 Å². The minimum absolute atomic E-state index is 0.600. The molecule has 0 saturated heterocycles. The normalized spacial score (nSPS) is 10.6. The van der Waals surface area contributed by atoms with Crippen LogP contribution >= 0.6 is 15.9 Å². The van der Waals surface area contributed by atoms with Gasteiger partial charge in [-0.25, -0.2) is 4.68 Å². The molecule has 5 heteroatoms. The van der Waals surface area contributed by atoms with Crippen LogP contribution in [0.2, 0.25) is 0 Å². The Labute approximate surface area is 115 Å². The van der Waals surface area contributed by atoms with Crippen LogP contribution in [-0.4, -0.2) is 9.78 Å². The Hall–Kier alpha value is -1.49. The van der Waals surface area contributed by atoms with Crippen LogP contribution in [0.1, 0.15) is 19.0 Å². The molecule has 0 saturated carbocycles. The first kappa shape index (κ1) is 13.0. The third-order valence-electron chi connectivity index (χ3n) is 2.57. The van der Waals surface area contributed by atoms with Crippen LogP contribution in [0.15, 0.2) is 28.7 Å². The lowest BCUT2D eigenvalue weighted by molar-refractivity contribution is 0.410. The maximum atomic E-state index is 6.00. The lowest BCUT2D eigenvalue weighted by atomic mass is 10.3. The first-order valence-corrected chi connectivity index (χ1v) is 6.67. The van der Waals surface area contributed by atoms with Crippen molar-refractivity contribution in [3.63, 3.8) is 0 Å². The Morgan fingerprint density at radius 1 is 1.44 bits per heavy atom. The number of nitrogens with zero attached hydrogens (tertiary/aromatic N) is 2. The van der Waals surface area contributed by atoms with E-state index in [1.807, 2.05) is 35.9 Å². The van der Waals surface area contributed by atoms with Gasteiger partial charge in [-0.3, -0.25) is 0 Å². The van der Waals surface area contributed by atoms with E-state index in [0.717, 1.165) is 28.9 Å². The summed E-state index contributed by atoms with van der Waals surface area (Å²) < 4.78 is 8.62. The van der Waals surface area contributed by atoms with Crippen molar-refractivity contribution in [2.75, 3.05) is 5.73 Å². The van der Waals surface area contributed by atoms with Crippen molar-refractivity contribution in [2.45, 2.75) is 26.8 Å². The number of hydrogen-bond donors (Lipinski definition) is 1. The summed E-state index contributed by atoms with van der Waals surface area (Å²) in [6.07, 6.45) is 0.982.